The first-order chi connectivity index (χ1) is 5.94. The Kier molecular flexibility index (Phi) is 2.02. The number of rotatable bonds is 1. The molecule has 3 aliphatic carbocycles. The lowest BCUT2D eigenvalue weighted by atomic mass is 9.42. The molecule has 0 spiro atoms. The quantitative estimate of drug-likeness (QED) is 0.573. The summed E-state index contributed by atoms with van der Waals surface area (Å²) in [5.41, 5.74) is 0.671. The van der Waals surface area contributed by atoms with Crippen LogP contribution in [-0.4, -0.2) is 0 Å². The molecule has 0 radical (unpaired) electrons. The Morgan fingerprint density at radius 2 is 1.77 bits per heavy atom. The summed E-state index contributed by atoms with van der Waals surface area (Å²) in [6.07, 6.45) is 3.03. The molecule has 0 aromatic carbocycles. The third kappa shape index (κ3) is 1.17. The van der Waals surface area contributed by atoms with Gasteiger partial charge in [0.1, 0.15) is 0 Å². The SMILES string of the molecule is CC(C)C1CC2C[C@H]([C@@H]1C)C2(C)C. The van der Waals surface area contributed by atoms with Gasteiger partial charge in [-0.25, -0.2) is 0 Å². The Labute approximate surface area is 83.1 Å². The van der Waals surface area contributed by atoms with Crippen molar-refractivity contribution in [2.24, 2.45) is 35.0 Å². The molecular weight excluding hydrogens is 156 g/mol. The second kappa shape index (κ2) is 2.74. The van der Waals surface area contributed by atoms with E-state index in [-0.39, 0.29) is 0 Å². The van der Waals surface area contributed by atoms with Crippen LogP contribution in [0.2, 0.25) is 0 Å². The van der Waals surface area contributed by atoms with Crippen LogP contribution in [0.4, 0.5) is 0 Å². The Hall–Kier alpha value is 0. The molecule has 0 heterocycles. The largest absolute Gasteiger partial charge is 0.0625 e. The van der Waals surface area contributed by atoms with E-state index in [2.05, 4.69) is 34.6 Å². The maximum absolute atomic E-state index is 2.49. The van der Waals surface area contributed by atoms with Gasteiger partial charge in [-0.05, 0) is 47.8 Å². The highest BCUT2D eigenvalue weighted by Gasteiger charge is 2.56. The summed E-state index contributed by atoms with van der Waals surface area (Å²) in [6, 6.07) is 0. The van der Waals surface area contributed by atoms with Crippen LogP contribution in [0, 0.1) is 35.0 Å². The second-order valence-electron chi connectivity index (χ2n) is 6.36. The molecule has 3 saturated carbocycles. The zero-order valence-corrected chi connectivity index (χ0v) is 9.80. The van der Waals surface area contributed by atoms with Gasteiger partial charge in [-0.2, -0.15) is 0 Å². The van der Waals surface area contributed by atoms with Gasteiger partial charge in [-0.15, -0.1) is 0 Å². The minimum atomic E-state index is 0.671. The minimum absolute atomic E-state index is 0.671. The molecule has 13 heavy (non-hydrogen) atoms. The van der Waals surface area contributed by atoms with E-state index in [0.29, 0.717) is 5.41 Å². The van der Waals surface area contributed by atoms with Gasteiger partial charge in [-0.1, -0.05) is 34.6 Å². The lowest BCUT2D eigenvalue weighted by Gasteiger charge is -2.63. The highest BCUT2D eigenvalue weighted by molar-refractivity contribution is 5.05. The minimum Gasteiger partial charge on any atom is -0.0625 e. The molecule has 0 aromatic heterocycles. The molecule has 2 unspecified atom stereocenters. The summed E-state index contributed by atoms with van der Waals surface area (Å²) in [4.78, 5) is 0. The fourth-order valence-corrected chi connectivity index (χ4v) is 4.07. The molecule has 2 bridgehead atoms. The fourth-order valence-electron chi connectivity index (χ4n) is 4.07. The summed E-state index contributed by atoms with van der Waals surface area (Å²) >= 11 is 0. The highest BCUT2D eigenvalue weighted by atomic mass is 14.6. The summed E-state index contributed by atoms with van der Waals surface area (Å²) in [5.74, 6) is 4.95. The molecule has 76 valence electrons. The predicted octanol–water partition coefficient (Wildman–Crippen LogP) is 3.96. The lowest BCUT2D eigenvalue weighted by molar-refractivity contribution is -0.137. The van der Waals surface area contributed by atoms with E-state index < -0.39 is 0 Å². The molecule has 0 nitrogen and oxygen atoms in total. The van der Waals surface area contributed by atoms with Gasteiger partial charge in [-0.3, -0.25) is 0 Å². The van der Waals surface area contributed by atoms with Crippen LogP contribution < -0.4 is 0 Å². The molecule has 3 fully saturated rings. The molecule has 0 amide bonds. The van der Waals surface area contributed by atoms with Crippen LogP contribution in [0.1, 0.15) is 47.5 Å². The molecule has 0 heteroatoms. The zero-order valence-electron chi connectivity index (χ0n) is 9.80. The van der Waals surface area contributed by atoms with Crippen molar-refractivity contribution in [3.05, 3.63) is 0 Å². The van der Waals surface area contributed by atoms with Crippen LogP contribution in [-0.2, 0) is 0 Å². The Bertz CT molecular complexity index is 200. The van der Waals surface area contributed by atoms with Crippen molar-refractivity contribution in [3.63, 3.8) is 0 Å². The first-order valence-corrected chi connectivity index (χ1v) is 5.94. The number of hydrogen-bond donors (Lipinski definition) is 0. The third-order valence-corrected chi connectivity index (χ3v) is 5.27. The first kappa shape index (κ1) is 9.55. The van der Waals surface area contributed by atoms with Gasteiger partial charge in [0, 0.05) is 0 Å². The van der Waals surface area contributed by atoms with Crippen molar-refractivity contribution in [1.29, 1.82) is 0 Å². The van der Waals surface area contributed by atoms with Gasteiger partial charge in [0.15, 0.2) is 0 Å². The van der Waals surface area contributed by atoms with Gasteiger partial charge >= 0.3 is 0 Å². The summed E-state index contributed by atoms with van der Waals surface area (Å²) in [7, 11) is 0. The molecule has 0 N–H and O–H groups in total. The molecular formula is C13H24. The Morgan fingerprint density at radius 3 is 2.15 bits per heavy atom. The van der Waals surface area contributed by atoms with Gasteiger partial charge < -0.3 is 0 Å². The molecule has 0 aromatic rings. The normalized spacial score (nSPS) is 47.5. The van der Waals surface area contributed by atoms with E-state index in [1.165, 1.54) is 12.8 Å². The predicted molar refractivity (Wildman–Crippen MR) is 57.5 cm³/mol. The van der Waals surface area contributed by atoms with Crippen molar-refractivity contribution in [1.82, 2.24) is 0 Å². The third-order valence-electron chi connectivity index (χ3n) is 5.27. The summed E-state index contributed by atoms with van der Waals surface area (Å²) in [5, 5.41) is 0. The highest BCUT2D eigenvalue weighted by Crippen LogP contribution is 2.63. The average Bonchev–Trinajstić information content (AvgIpc) is 2.02. The number of hydrogen-bond acceptors (Lipinski definition) is 0. The lowest BCUT2D eigenvalue weighted by Crippen LogP contribution is -2.55. The van der Waals surface area contributed by atoms with Gasteiger partial charge in [0.05, 0.1) is 0 Å². The van der Waals surface area contributed by atoms with Crippen LogP contribution in [0.5, 0.6) is 0 Å². The van der Waals surface area contributed by atoms with Crippen molar-refractivity contribution < 1.29 is 0 Å². The maximum atomic E-state index is 2.49. The van der Waals surface area contributed by atoms with Gasteiger partial charge in [0.2, 0.25) is 0 Å². The molecule has 3 aliphatic rings. The van der Waals surface area contributed by atoms with Crippen LogP contribution in [0.3, 0.4) is 0 Å². The van der Waals surface area contributed by atoms with Crippen LogP contribution in [0.25, 0.3) is 0 Å². The van der Waals surface area contributed by atoms with E-state index in [9.17, 15) is 0 Å². The topological polar surface area (TPSA) is 0 Å². The average molecular weight is 180 g/mol. The smallest absolute Gasteiger partial charge is 0.0295 e. The molecule has 3 rings (SSSR count). The first-order valence-electron chi connectivity index (χ1n) is 5.94. The van der Waals surface area contributed by atoms with Crippen molar-refractivity contribution in [2.45, 2.75) is 47.5 Å². The van der Waals surface area contributed by atoms with E-state index in [0.717, 1.165) is 29.6 Å². The van der Waals surface area contributed by atoms with Crippen LogP contribution in [0.15, 0.2) is 0 Å². The monoisotopic (exact) mass is 180 g/mol. The van der Waals surface area contributed by atoms with Crippen molar-refractivity contribution in [2.75, 3.05) is 0 Å². The van der Waals surface area contributed by atoms with Crippen molar-refractivity contribution in [3.8, 4) is 0 Å². The van der Waals surface area contributed by atoms with Gasteiger partial charge in [0.25, 0.3) is 0 Å². The Morgan fingerprint density at radius 1 is 1.15 bits per heavy atom. The van der Waals surface area contributed by atoms with E-state index >= 15 is 0 Å². The summed E-state index contributed by atoms with van der Waals surface area (Å²) in [6.45, 7) is 12.3. The Balaban J connectivity index is 2.12. The van der Waals surface area contributed by atoms with Crippen LogP contribution >= 0.6 is 0 Å². The standard InChI is InChI=1S/C13H24/c1-8(2)11-6-10-7-12(9(11)3)13(10,4)5/h8-12H,6-7H2,1-5H3/t9-,10?,11?,12-/m1/s1. The molecule has 0 saturated heterocycles. The fraction of sp³-hybridized carbons (Fsp3) is 1.00. The van der Waals surface area contributed by atoms with E-state index in [1.54, 1.807) is 0 Å². The molecule has 0 aliphatic heterocycles. The van der Waals surface area contributed by atoms with Crippen molar-refractivity contribution >= 4 is 0 Å². The van der Waals surface area contributed by atoms with E-state index in [1.807, 2.05) is 0 Å². The van der Waals surface area contributed by atoms with E-state index in [4.69, 9.17) is 0 Å². The number of fused-ring (bicyclic) bond motifs is 2. The maximum Gasteiger partial charge on any atom is -0.0295 e. The zero-order chi connectivity index (χ0) is 9.80. The second-order valence-corrected chi connectivity index (χ2v) is 6.36. The summed E-state index contributed by atoms with van der Waals surface area (Å²) < 4.78 is 0. The molecule has 4 atom stereocenters.